The Morgan fingerprint density at radius 2 is 1.29 bits per heavy atom. The molecule has 3 heteroatoms. The van der Waals surface area contributed by atoms with Gasteiger partial charge in [0.15, 0.2) is 11.6 Å². The lowest BCUT2D eigenvalue weighted by Gasteiger charge is -2.19. The Kier molecular flexibility index (Phi) is 3.58. The summed E-state index contributed by atoms with van der Waals surface area (Å²) in [5, 5.41) is 0. The van der Waals surface area contributed by atoms with Crippen LogP contribution in [0.4, 0.5) is 0 Å². The molecule has 2 nitrogen and oxygen atoms in total. The smallest absolute Gasteiger partial charge is 0.195 e. The van der Waals surface area contributed by atoms with Gasteiger partial charge in [-0.25, -0.2) is 0 Å². The first kappa shape index (κ1) is 14.9. The quantitative estimate of drug-likeness (QED) is 0.523. The van der Waals surface area contributed by atoms with Crippen molar-refractivity contribution in [3.8, 4) is 0 Å². The van der Waals surface area contributed by atoms with E-state index in [0.29, 0.717) is 22.3 Å². The largest absolute Gasteiger partial charge is 0.289 e. The van der Waals surface area contributed by atoms with Gasteiger partial charge in [0.25, 0.3) is 0 Å². The van der Waals surface area contributed by atoms with Crippen molar-refractivity contribution in [3.05, 3.63) is 94.5 Å². The minimum atomic E-state index is -0.0773. The van der Waals surface area contributed by atoms with Crippen LogP contribution in [-0.2, 0) is 0 Å². The van der Waals surface area contributed by atoms with Crippen LogP contribution in [0.25, 0.3) is 0 Å². The van der Waals surface area contributed by atoms with E-state index >= 15 is 0 Å². The van der Waals surface area contributed by atoms with Crippen molar-refractivity contribution in [3.63, 3.8) is 0 Å². The zero-order valence-electron chi connectivity index (χ0n) is 13.1. The van der Waals surface area contributed by atoms with Crippen molar-refractivity contribution in [2.45, 2.75) is 16.7 Å². The molecule has 0 N–H and O–H groups in total. The second-order valence-corrected chi connectivity index (χ2v) is 6.91. The molecule has 0 atom stereocenters. The third-order valence-electron chi connectivity index (χ3n) is 4.16. The number of fused-ring (bicyclic) bond motifs is 2. The Labute approximate surface area is 144 Å². The van der Waals surface area contributed by atoms with E-state index in [9.17, 15) is 9.59 Å². The Morgan fingerprint density at radius 1 is 0.667 bits per heavy atom. The lowest BCUT2D eigenvalue weighted by Crippen LogP contribution is -2.21. The average molecular weight is 330 g/mol. The van der Waals surface area contributed by atoms with E-state index in [1.807, 2.05) is 43.3 Å². The SMILES string of the molecule is Cc1ccc(Sc2cccc3c2C(=O)c2ccccc2C3=O)cc1. The Hall–Kier alpha value is -2.65. The molecule has 0 spiro atoms. The highest BCUT2D eigenvalue weighted by Gasteiger charge is 2.31. The molecule has 116 valence electrons. The summed E-state index contributed by atoms with van der Waals surface area (Å²) in [5.41, 5.74) is 3.19. The van der Waals surface area contributed by atoms with Gasteiger partial charge in [-0.05, 0) is 25.1 Å². The van der Waals surface area contributed by atoms with Crippen molar-refractivity contribution in [2.24, 2.45) is 0 Å². The number of benzene rings is 3. The average Bonchev–Trinajstić information content (AvgIpc) is 2.61. The molecule has 24 heavy (non-hydrogen) atoms. The summed E-state index contributed by atoms with van der Waals surface area (Å²) in [4.78, 5) is 27.6. The Bertz CT molecular complexity index is 971. The van der Waals surface area contributed by atoms with Gasteiger partial charge in [0.1, 0.15) is 0 Å². The first-order chi connectivity index (χ1) is 11.6. The maximum absolute atomic E-state index is 13.0. The van der Waals surface area contributed by atoms with E-state index in [1.54, 1.807) is 30.3 Å². The molecule has 0 saturated carbocycles. The zero-order chi connectivity index (χ0) is 16.7. The van der Waals surface area contributed by atoms with Crippen molar-refractivity contribution in [1.29, 1.82) is 0 Å². The van der Waals surface area contributed by atoms with Crippen LogP contribution in [0.5, 0.6) is 0 Å². The first-order valence-corrected chi connectivity index (χ1v) is 8.53. The van der Waals surface area contributed by atoms with E-state index in [-0.39, 0.29) is 11.6 Å². The van der Waals surface area contributed by atoms with Crippen molar-refractivity contribution >= 4 is 23.3 Å². The third-order valence-corrected chi connectivity index (χ3v) is 5.23. The van der Waals surface area contributed by atoms with Crippen LogP contribution in [0.15, 0.2) is 76.5 Å². The highest BCUT2D eigenvalue weighted by molar-refractivity contribution is 7.99. The molecule has 1 aliphatic rings. The van der Waals surface area contributed by atoms with Crippen LogP contribution < -0.4 is 0 Å². The van der Waals surface area contributed by atoms with E-state index in [2.05, 4.69) is 0 Å². The van der Waals surface area contributed by atoms with Gasteiger partial charge in [0.05, 0.1) is 0 Å². The summed E-state index contributed by atoms with van der Waals surface area (Å²) >= 11 is 1.52. The molecule has 4 rings (SSSR count). The normalized spacial score (nSPS) is 12.7. The van der Waals surface area contributed by atoms with Gasteiger partial charge < -0.3 is 0 Å². The van der Waals surface area contributed by atoms with Crippen LogP contribution >= 0.6 is 11.8 Å². The van der Waals surface area contributed by atoms with Crippen molar-refractivity contribution in [1.82, 2.24) is 0 Å². The molecule has 0 aromatic heterocycles. The molecule has 3 aromatic rings. The highest BCUT2D eigenvalue weighted by atomic mass is 32.2. The summed E-state index contributed by atoms with van der Waals surface area (Å²) in [6.45, 7) is 2.04. The van der Waals surface area contributed by atoms with Crippen molar-refractivity contribution < 1.29 is 9.59 Å². The predicted octanol–water partition coefficient (Wildman–Crippen LogP) is 4.92. The zero-order valence-corrected chi connectivity index (χ0v) is 13.9. The Balaban J connectivity index is 1.83. The number of carbonyl (C=O) groups excluding carboxylic acids is 2. The van der Waals surface area contributed by atoms with Crippen LogP contribution in [0.1, 0.15) is 37.4 Å². The summed E-state index contributed by atoms with van der Waals surface area (Å²) in [6.07, 6.45) is 0. The summed E-state index contributed by atoms with van der Waals surface area (Å²) < 4.78 is 0. The van der Waals surface area contributed by atoms with E-state index < -0.39 is 0 Å². The van der Waals surface area contributed by atoms with Crippen LogP contribution in [0, 0.1) is 6.92 Å². The molecular formula is C21H14O2S. The van der Waals surface area contributed by atoms with E-state index in [4.69, 9.17) is 0 Å². The van der Waals surface area contributed by atoms with Crippen LogP contribution in [-0.4, -0.2) is 11.6 Å². The van der Waals surface area contributed by atoms with Gasteiger partial charge in [-0.15, -0.1) is 0 Å². The van der Waals surface area contributed by atoms with Crippen molar-refractivity contribution in [2.75, 3.05) is 0 Å². The number of carbonyl (C=O) groups is 2. The monoisotopic (exact) mass is 330 g/mol. The topological polar surface area (TPSA) is 34.1 Å². The number of hydrogen-bond donors (Lipinski definition) is 0. The second kappa shape index (κ2) is 5.77. The predicted molar refractivity (Wildman–Crippen MR) is 95.1 cm³/mol. The second-order valence-electron chi connectivity index (χ2n) is 5.80. The van der Waals surface area contributed by atoms with Crippen LogP contribution in [0.3, 0.4) is 0 Å². The fraction of sp³-hybridized carbons (Fsp3) is 0.0476. The summed E-state index contributed by atoms with van der Waals surface area (Å²) in [6, 6.07) is 20.7. The van der Waals surface area contributed by atoms with Gasteiger partial charge in [-0.2, -0.15) is 0 Å². The first-order valence-electron chi connectivity index (χ1n) is 7.71. The third kappa shape index (κ3) is 2.38. The van der Waals surface area contributed by atoms with Gasteiger partial charge in [-0.3, -0.25) is 9.59 Å². The van der Waals surface area contributed by atoms with E-state index in [1.165, 1.54) is 17.3 Å². The fourth-order valence-electron chi connectivity index (χ4n) is 2.93. The lowest BCUT2D eigenvalue weighted by molar-refractivity contribution is 0.0977. The molecule has 0 unspecified atom stereocenters. The molecule has 0 radical (unpaired) electrons. The lowest BCUT2D eigenvalue weighted by atomic mass is 9.84. The molecule has 0 saturated heterocycles. The highest BCUT2D eigenvalue weighted by Crippen LogP contribution is 2.37. The number of ketones is 2. The molecule has 0 fully saturated rings. The fourth-order valence-corrected chi connectivity index (χ4v) is 3.91. The molecular weight excluding hydrogens is 316 g/mol. The van der Waals surface area contributed by atoms with Gasteiger partial charge in [0.2, 0.25) is 0 Å². The van der Waals surface area contributed by atoms with E-state index in [0.717, 1.165) is 9.79 Å². The van der Waals surface area contributed by atoms with Crippen LogP contribution in [0.2, 0.25) is 0 Å². The molecule has 1 aliphatic carbocycles. The molecule has 0 amide bonds. The van der Waals surface area contributed by atoms with Gasteiger partial charge >= 0.3 is 0 Å². The maximum Gasteiger partial charge on any atom is 0.195 e. The molecule has 0 aliphatic heterocycles. The number of hydrogen-bond acceptors (Lipinski definition) is 3. The standard InChI is InChI=1S/C21H14O2S/c1-13-9-11-14(12-10-13)24-18-8-4-7-17-19(18)21(23)16-6-3-2-5-15(16)20(17)22/h2-12H,1H3. The number of rotatable bonds is 2. The summed E-state index contributed by atoms with van der Waals surface area (Å²) in [7, 11) is 0. The van der Waals surface area contributed by atoms with Gasteiger partial charge in [-0.1, -0.05) is 65.9 Å². The number of aryl methyl sites for hydroxylation is 1. The maximum atomic E-state index is 13.0. The molecule has 0 bridgehead atoms. The molecule has 0 heterocycles. The van der Waals surface area contributed by atoms with Gasteiger partial charge in [0, 0.05) is 32.0 Å². The molecule has 3 aromatic carbocycles. The summed E-state index contributed by atoms with van der Waals surface area (Å²) in [5.74, 6) is -0.151. The Morgan fingerprint density at radius 3 is 2.00 bits per heavy atom. The minimum absolute atomic E-state index is 0.0737. The minimum Gasteiger partial charge on any atom is -0.289 e.